The van der Waals surface area contributed by atoms with Crippen LogP contribution in [0.4, 0.5) is 0 Å². The third-order valence-corrected chi connectivity index (χ3v) is 26.7. The molecular formula is C84H126O22. The molecule has 14 saturated carbocycles. The summed E-state index contributed by atoms with van der Waals surface area (Å²) in [6, 6.07) is 0. The molecule has 0 aromatic heterocycles. The number of cyclic esters (lactones) is 2. The minimum atomic E-state index is -0.612. The molecule has 2 aliphatic heterocycles. The summed E-state index contributed by atoms with van der Waals surface area (Å²) < 4.78 is 53.5. The maximum absolute atomic E-state index is 12.4. The third-order valence-electron chi connectivity index (χ3n) is 26.7. The number of ether oxygens (including phenoxy) is 10. The van der Waals surface area contributed by atoms with Crippen molar-refractivity contribution in [3.05, 3.63) is 36.5 Å². The molecule has 14 unspecified atom stereocenters. The van der Waals surface area contributed by atoms with Gasteiger partial charge in [-0.1, -0.05) is 40.5 Å². The van der Waals surface area contributed by atoms with Crippen molar-refractivity contribution in [3.8, 4) is 0 Å². The van der Waals surface area contributed by atoms with E-state index in [-0.39, 0.29) is 106 Å². The first-order valence-corrected chi connectivity index (χ1v) is 39.8. The molecule has 0 spiro atoms. The summed E-state index contributed by atoms with van der Waals surface area (Å²) in [7, 11) is 0. The van der Waals surface area contributed by atoms with E-state index in [4.69, 9.17) is 47.4 Å². The fourth-order valence-corrected chi connectivity index (χ4v) is 20.5. The van der Waals surface area contributed by atoms with E-state index >= 15 is 0 Å². The largest absolute Gasteiger partial charge is 0.465 e. The van der Waals surface area contributed by atoms with Crippen LogP contribution in [0.25, 0.3) is 0 Å². The van der Waals surface area contributed by atoms with Gasteiger partial charge in [-0.2, -0.15) is 0 Å². The minimum absolute atomic E-state index is 0.0376. The van der Waals surface area contributed by atoms with Gasteiger partial charge in [-0.3, -0.25) is 24.0 Å². The van der Waals surface area contributed by atoms with E-state index in [1.165, 1.54) is 45.4 Å². The topological polar surface area (TPSA) is 303 Å². The third kappa shape index (κ3) is 19.9. The highest BCUT2D eigenvalue weighted by molar-refractivity contribution is 5.89. The quantitative estimate of drug-likeness (QED) is 0.0689. The van der Waals surface area contributed by atoms with Crippen LogP contribution < -0.4 is 0 Å². The van der Waals surface area contributed by atoms with Crippen LogP contribution in [-0.4, -0.2) is 142 Å². The van der Waals surface area contributed by atoms with Crippen molar-refractivity contribution in [1.82, 2.24) is 0 Å². The van der Waals surface area contributed by atoms with Crippen molar-refractivity contribution in [3.63, 3.8) is 0 Å². The zero-order valence-corrected chi connectivity index (χ0v) is 66.2. The van der Waals surface area contributed by atoms with Gasteiger partial charge in [-0.05, 0) is 272 Å². The molecule has 14 aliphatic carbocycles. The Balaban J connectivity index is 0.000000149. The molecule has 0 aromatic rings. The van der Waals surface area contributed by atoms with Crippen LogP contribution in [0, 0.1) is 87.3 Å². The lowest BCUT2D eigenvalue weighted by Gasteiger charge is -2.59. The Morgan fingerprint density at radius 3 is 1.15 bits per heavy atom. The average Bonchev–Trinajstić information content (AvgIpc) is 1.28. The van der Waals surface area contributed by atoms with E-state index in [1.807, 2.05) is 55.4 Å². The number of carbonyl (C=O) groups excluding carboxylic acids is 10. The fraction of sp³-hybridized carbons (Fsp3) is 0.810. The van der Waals surface area contributed by atoms with Gasteiger partial charge >= 0.3 is 59.7 Å². The molecule has 22 heteroatoms. The lowest BCUT2D eigenvalue weighted by Crippen LogP contribution is -2.61. The first kappa shape index (κ1) is 83.9. The van der Waals surface area contributed by atoms with Gasteiger partial charge in [0.15, 0.2) is 13.2 Å². The highest BCUT2D eigenvalue weighted by atomic mass is 16.6. The van der Waals surface area contributed by atoms with Gasteiger partial charge in [0.1, 0.15) is 34.6 Å². The van der Waals surface area contributed by atoms with E-state index in [0.29, 0.717) is 91.0 Å². The molecule has 594 valence electrons. The molecule has 16 aliphatic rings. The summed E-state index contributed by atoms with van der Waals surface area (Å²) in [6.45, 7) is 37.1. The molecule has 2 saturated heterocycles. The van der Waals surface area contributed by atoms with Gasteiger partial charge < -0.3 is 57.6 Å². The van der Waals surface area contributed by atoms with Crippen LogP contribution in [-0.2, 0) is 95.3 Å². The second-order valence-electron chi connectivity index (χ2n) is 37.3. The van der Waals surface area contributed by atoms with Crippen LogP contribution in [0.3, 0.4) is 0 Å². The normalized spacial score (nSPS) is 35.3. The highest BCUT2D eigenvalue weighted by Gasteiger charge is 2.64. The Bertz CT molecular complexity index is 3290. The van der Waals surface area contributed by atoms with Crippen molar-refractivity contribution in [1.29, 1.82) is 0 Å². The Labute approximate surface area is 628 Å². The number of esters is 10. The summed E-state index contributed by atoms with van der Waals surface area (Å²) in [5.74, 6) is 0.337. The average molecular weight is 1490 g/mol. The lowest BCUT2D eigenvalue weighted by molar-refractivity contribution is -0.225. The van der Waals surface area contributed by atoms with Gasteiger partial charge in [-0.25, -0.2) is 24.0 Å². The van der Waals surface area contributed by atoms with Crippen molar-refractivity contribution in [2.75, 3.05) is 26.4 Å². The number of fused-ring (bicyclic) bond motifs is 10. The first-order valence-electron chi connectivity index (χ1n) is 39.8. The maximum Gasteiger partial charge on any atom is 0.344 e. The summed E-state index contributed by atoms with van der Waals surface area (Å²) in [5, 5.41) is 21.2. The smallest absolute Gasteiger partial charge is 0.344 e. The summed E-state index contributed by atoms with van der Waals surface area (Å²) in [5.41, 5.74) is -2.43. The van der Waals surface area contributed by atoms with Crippen LogP contribution in [0.2, 0.25) is 0 Å². The molecule has 16 fully saturated rings. The van der Waals surface area contributed by atoms with E-state index in [1.54, 1.807) is 27.7 Å². The van der Waals surface area contributed by atoms with Gasteiger partial charge in [0.05, 0.1) is 52.5 Å². The Hall–Kier alpha value is -6.16. The maximum atomic E-state index is 12.4. The van der Waals surface area contributed by atoms with Crippen molar-refractivity contribution in [2.24, 2.45) is 87.3 Å². The van der Waals surface area contributed by atoms with Crippen molar-refractivity contribution < 1.29 is 106 Å². The molecule has 12 bridgehead atoms. The summed E-state index contributed by atoms with van der Waals surface area (Å²) in [4.78, 5) is 117. The van der Waals surface area contributed by atoms with Crippen molar-refractivity contribution >= 4 is 59.7 Å². The minimum Gasteiger partial charge on any atom is -0.465 e. The fourth-order valence-electron chi connectivity index (χ4n) is 20.5. The van der Waals surface area contributed by atoms with Crippen LogP contribution >= 0.6 is 0 Å². The molecule has 16 rings (SSSR count). The zero-order chi connectivity index (χ0) is 78.1. The number of rotatable bonds is 19. The summed E-state index contributed by atoms with van der Waals surface area (Å²) >= 11 is 0. The molecule has 0 radical (unpaired) electrons. The van der Waals surface area contributed by atoms with Crippen molar-refractivity contribution in [2.45, 2.75) is 316 Å². The monoisotopic (exact) mass is 1490 g/mol. The van der Waals surface area contributed by atoms with Gasteiger partial charge in [0.25, 0.3) is 0 Å². The van der Waals surface area contributed by atoms with Crippen LogP contribution in [0.5, 0.6) is 0 Å². The molecule has 0 amide bonds. The molecule has 2 N–H and O–H groups in total. The lowest BCUT2D eigenvalue weighted by atomic mass is 9.52. The van der Waals surface area contributed by atoms with Crippen LogP contribution in [0.1, 0.15) is 270 Å². The summed E-state index contributed by atoms with van der Waals surface area (Å²) in [6.07, 6.45) is 25.0. The predicted octanol–water partition coefficient (Wildman–Crippen LogP) is 13.5. The van der Waals surface area contributed by atoms with E-state index < -0.39 is 58.1 Å². The second kappa shape index (κ2) is 32.8. The molecule has 2 heterocycles. The van der Waals surface area contributed by atoms with E-state index in [0.717, 1.165) is 116 Å². The molecule has 22 nitrogen and oxygen atoms in total. The predicted molar refractivity (Wildman–Crippen MR) is 389 cm³/mol. The van der Waals surface area contributed by atoms with Gasteiger partial charge in [0, 0.05) is 53.2 Å². The van der Waals surface area contributed by atoms with E-state index in [9.17, 15) is 58.2 Å². The highest BCUT2D eigenvalue weighted by Crippen LogP contribution is 2.62. The van der Waals surface area contributed by atoms with E-state index in [2.05, 4.69) is 26.7 Å². The number of hydrogen-bond donors (Lipinski definition) is 2. The Kier molecular flexibility index (Phi) is 26.0. The first-order chi connectivity index (χ1) is 49.4. The van der Waals surface area contributed by atoms with Crippen LogP contribution in [0.15, 0.2) is 36.5 Å². The standard InChI is InChI=1S/C17H24O6.C16H26O3.C15H18O6.C14H20O3.C12H22O2.C10H16O2/c1-4-17(2,3)16(20)22-8-13(18)23-12-6-9-5-10(12)14-11(9)7-21-15(14)19;1-4-14(2,3)13(17)19-16-8-11-5-12(9-16)7-15(18,6-11)10-16;1-7(2)14(17)20-6-12(16)21-11-4-8-3-9(11)13-10(8)5-19-15(13)18;1-9(2)12(15)17-14-6-10-3-11(7-14)5-13(16,4-10)8-14;1-5-11(2,3)10(13)14-12(4)8-6-7-9-12;1-8(2)9(11)12-10(3)6-4-5-7-10/h9-12,14H,4-8H2,1-3H3;11-12,18H,4-10H2,1-3H3;8-11,13H,1,3-6H2,2H3;10-11,16H,1,3-8H2,2H3;5-9H2,1-4H3;1,4-7H2,2-3H3. The zero-order valence-electron chi connectivity index (χ0n) is 66.2. The SMILES string of the molecule is C=C(C)C(=O)OC1(C)CCCC1.C=C(C)C(=O)OC12CC3CC(CC(O)(C3)C1)C2.C=C(C)C(=O)OCC(=O)OC1CC2CC1C1C(=O)OCC21.CCC(C)(C)C(=O)OC1(C)CCCC1.CCC(C)(C)C(=O)OC12CC3CC(CC(O)(C3)C1)C2.CCC(C)(C)C(=O)OCC(=O)OC1CC2CC1C1C(=O)OCC21. The molecule has 106 heavy (non-hydrogen) atoms. The number of hydrogen-bond acceptors (Lipinski definition) is 22. The van der Waals surface area contributed by atoms with Gasteiger partial charge in [-0.15, -0.1) is 0 Å². The Morgan fingerprint density at radius 2 is 0.783 bits per heavy atom. The second-order valence-corrected chi connectivity index (χ2v) is 37.3. The van der Waals surface area contributed by atoms with Gasteiger partial charge in [0.2, 0.25) is 0 Å². The number of carbonyl (C=O) groups is 10. The Morgan fingerprint density at radius 1 is 0.443 bits per heavy atom. The molecule has 0 aromatic carbocycles. The number of aliphatic hydroxyl groups is 2. The molecular weight excluding hydrogens is 1360 g/mol. The molecule has 14 atom stereocenters.